The van der Waals surface area contributed by atoms with Gasteiger partial charge >= 0.3 is 6.03 Å². The average Bonchev–Trinajstić information content (AvgIpc) is 2.93. The minimum Gasteiger partial charge on any atom is -0.481 e. The second-order valence-electron chi connectivity index (χ2n) is 5.36. The van der Waals surface area contributed by atoms with Crippen molar-refractivity contribution in [1.29, 1.82) is 0 Å². The van der Waals surface area contributed by atoms with Crippen LogP contribution in [-0.4, -0.2) is 27.9 Å². The van der Waals surface area contributed by atoms with Crippen LogP contribution in [0.4, 0.5) is 16.2 Å². The number of carbonyl (C=O) groups excluding carboxylic acids is 1. The number of hydrogen-bond donors (Lipinski definition) is 2. The van der Waals surface area contributed by atoms with E-state index in [0.717, 1.165) is 23.0 Å². The van der Waals surface area contributed by atoms with Crippen molar-refractivity contribution in [2.24, 2.45) is 7.05 Å². The van der Waals surface area contributed by atoms with Crippen molar-refractivity contribution in [1.82, 2.24) is 14.8 Å². The topological polar surface area (TPSA) is 81.1 Å². The number of anilines is 2. The lowest BCUT2D eigenvalue weighted by atomic mass is 10.2. The summed E-state index contributed by atoms with van der Waals surface area (Å²) >= 11 is 0. The third-order valence-corrected chi connectivity index (χ3v) is 3.62. The molecule has 0 spiro atoms. The van der Waals surface area contributed by atoms with Crippen LogP contribution in [0.2, 0.25) is 0 Å². The average molecular weight is 325 g/mol. The van der Waals surface area contributed by atoms with E-state index in [4.69, 9.17) is 4.74 Å². The number of aryl methyl sites for hydroxylation is 2. The molecule has 0 fully saturated rings. The van der Waals surface area contributed by atoms with Gasteiger partial charge in [-0.25, -0.2) is 9.78 Å². The molecule has 2 aromatic heterocycles. The largest absolute Gasteiger partial charge is 0.481 e. The fourth-order valence-electron chi connectivity index (χ4n) is 2.48. The van der Waals surface area contributed by atoms with Crippen LogP contribution < -0.4 is 15.4 Å². The first kappa shape index (κ1) is 15.8. The molecule has 2 N–H and O–H groups in total. The zero-order valence-corrected chi connectivity index (χ0v) is 13.8. The number of hydrogen-bond acceptors (Lipinski definition) is 4. The number of nitrogens with zero attached hydrogens (tertiary/aromatic N) is 3. The number of pyridine rings is 1. The van der Waals surface area contributed by atoms with Crippen LogP contribution in [0.25, 0.3) is 10.9 Å². The van der Waals surface area contributed by atoms with Gasteiger partial charge in [0.25, 0.3) is 0 Å². The summed E-state index contributed by atoms with van der Waals surface area (Å²) in [4.78, 5) is 16.5. The van der Waals surface area contributed by atoms with Crippen LogP contribution in [0.1, 0.15) is 12.6 Å². The van der Waals surface area contributed by atoms with Crippen molar-refractivity contribution in [2.75, 3.05) is 17.7 Å². The van der Waals surface area contributed by atoms with Crippen molar-refractivity contribution in [3.8, 4) is 5.88 Å². The molecule has 2 heterocycles. The molecule has 3 aromatic rings. The molecule has 0 atom stereocenters. The monoisotopic (exact) mass is 325 g/mol. The number of urea groups is 1. The van der Waals surface area contributed by atoms with Crippen molar-refractivity contribution in [3.63, 3.8) is 0 Å². The molecule has 0 saturated heterocycles. The van der Waals surface area contributed by atoms with Gasteiger partial charge in [0.15, 0.2) is 0 Å². The van der Waals surface area contributed by atoms with E-state index in [1.165, 1.54) is 0 Å². The highest BCUT2D eigenvalue weighted by Crippen LogP contribution is 2.21. The van der Waals surface area contributed by atoms with Gasteiger partial charge in [-0.05, 0) is 30.7 Å². The number of methoxy groups -OCH3 is 1. The standard InChI is InChI=1S/C17H19N5O2/c1-4-13-15(10-22(2)21-13)20-17(23)18-12-6-7-14-11(9-12)5-8-16(19-14)24-3/h5-10H,4H2,1-3H3,(H2,18,20,23). The van der Waals surface area contributed by atoms with E-state index in [-0.39, 0.29) is 6.03 Å². The number of aromatic nitrogens is 3. The Labute approximate surface area is 139 Å². The molecular formula is C17H19N5O2. The van der Waals surface area contributed by atoms with Crippen LogP contribution in [-0.2, 0) is 13.5 Å². The highest BCUT2D eigenvalue weighted by Gasteiger charge is 2.10. The van der Waals surface area contributed by atoms with Gasteiger partial charge in [-0.3, -0.25) is 4.68 Å². The number of nitrogens with one attached hydrogen (secondary N) is 2. The first-order valence-electron chi connectivity index (χ1n) is 7.64. The highest BCUT2D eigenvalue weighted by molar-refractivity contribution is 6.01. The van der Waals surface area contributed by atoms with E-state index >= 15 is 0 Å². The van der Waals surface area contributed by atoms with Crippen molar-refractivity contribution in [3.05, 3.63) is 42.2 Å². The Morgan fingerprint density at radius 1 is 1.25 bits per heavy atom. The lowest BCUT2D eigenvalue weighted by molar-refractivity contribution is 0.262. The van der Waals surface area contributed by atoms with Gasteiger partial charge in [-0.1, -0.05) is 6.92 Å². The van der Waals surface area contributed by atoms with Crippen LogP contribution in [0, 0.1) is 0 Å². The molecule has 2 amide bonds. The molecule has 1 aromatic carbocycles. The maximum atomic E-state index is 12.2. The van der Waals surface area contributed by atoms with Gasteiger partial charge in [-0.2, -0.15) is 5.10 Å². The van der Waals surface area contributed by atoms with Gasteiger partial charge in [0.05, 0.1) is 24.0 Å². The van der Waals surface area contributed by atoms with Gasteiger partial charge in [0.1, 0.15) is 0 Å². The summed E-state index contributed by atoms with van der Waals surface area (Å²) < 4.78 is 6.79. The predicted molar refractivity (Wildman–Crippen MR) is 93.5 cm³/mol. The fraction of sp³-hybridized carbons (Fsp3) is 0.235. The van der Waals surface area contributed by atoms with Gasteiger partial charge in [0.2, 0.25) is 5.88 Å². The van der Waals surface area contributed by atoms with E-state index in [2.05, 4.69) is 20.7 Å². The first-order chi connectivity index (χ1) is 11.6. The molecule has 24 heavy (non-hydrogen) atoms. The summed E-state index contributed by atoms with van der Waals surface area (Å²) in [6.45, 7) is 2.00. The second-order valence-corrected chi connectivity index (χ2v) is 5.36. The summed E-state index contributed by atoms with van der Waals surface area (Å²) in [7, 11) is 3.41. The van der Waals surface area contributed by atoms with Gasteiger partial charge in [0, 0.05) is 30.4 Å². The van der Waals surface area contributed by atoms with Crippen LogP contribution >= 0.6 is 0 Å². The zero-order valence-electron chi connectivity index (χ0n) is 13.8. The molecule has 0 aliphatic carbocycles. The van der Waals surface area contributed by atoms with E-state index in [9.17, 15) is 4.79 Å². The lowest BCUT2D eigenvalue weighted by Crippen LogP contribution is -2.19. The molecular weight excluding hydrogens is 306 g/mol. The molecule has 0 saturated carbocycles. The molecule has 3 rings (SSSR count). The summed E-state index contributed by atoms with van der Waals surface area (Å²) in [5.74, 6) is 0.560. The quantitative estimate of drug-likeness (QED) is 0.772. The van der Waals surface area contributed by atoms with Crippen molar-refractivity contribution in [2.45, 2.75) is 13.3 Å². The van der Waals surface area contributed by atoms with Crippen LogP contribution in [0.3, 0.4) is 0 Å². The molecule has 7 nitrogen and oxygen atoms in total. The van der Waals surface area contributed by atoms with Crippen molar-refractivity contribution >= 4 is 28.3 Å². The Bertz CT molecular complexity index is 888. The third kappa shape index (κ3) is 3.29. The SMILES string of the molecule is CCc1nn(C)cc1NC(=O)Nc1ccc2nc(OC)ccc2c1. The van der Waals surface area contributed by atoms with E-state index < -0.39 is 0 Å². The van der Waals surface area contributed by atoms with Crippen molar-refractivity contribution < 1.29 is 9.53 Å². The smallest absolute Gasteiger partial charge is 0.323 e. The molecule has 0 aliphatic rings. The lowest BCUT2D eigenvalue weighted by Gasteiger charge is -2.08. The summed E-state index contributed by atoms with van der Waals surface area (Å²) in [6, 6.07) is 8.90. The first-order valence-corrected chi connectivity index (χ1v) is 7.64. The molecule has 0 unspecified atom stereocenters. The maximum Gasteiger partial charge on any atom is 0.323 e. The molecule has 0 radical (unpaired) electrons. The number of amides is 2. The molecule has 0 aliphatic heterocycles. The maximum absolute atomic E-state index is 12.2. The number of fused-ring (bicyclic) bond motifs is 1. The second kappa shape index (κ2) is 6.57. The van der Waals surface area contributed by atoms with Crippen LogP contribution in [0.15, 0.2) is 36.5 Å². The molecule has 7 heteroatoms. The minimum atomic E-state index is -0.307. The third-order valence-electron chi connectivity index (χ3n) is 3.62. The normalized spacial score (nSPS) is 10.6. The molecule has 124 valence electrons. The zero-order chi connectivity index (χ0) is 17.1. The van der Waals surface area contributed by atoms with Gasteiger partial charge in [-0.15, -0.1) is 0 Å². The summed E-state index contributed by atoms with van der Waals surface area (Å²) in [5, 5.41) is 10.9. The minimum absolute atomic E-state index is 0.307. The van der Waals surface area contributed by atoms with Crippen LogP contribution in [0.5, 0.6) is 5.88 Å². The Hall–Kier alpha value is -3.09. The number of rotatable bonds is 4. The Morgan fingerprint density at radius 2 is 2.08 bits per heavy atom. The number of carbonyl (C=O) groups is 1. The predicted octanol–water partition coefficient (Wildman–Crippen LogP) is 3.18. The van der Waals surface area contributed by atoms with E-state index in [1.54, 1.807) is 30.1 Å². The summed E-state index contributed by atoms with van der Waals surface area (Å²) in [6.07, 6.45) is 2.54. The Morgan fingerprint density at radius 3 is 2.83 bits per heavy atom. The van der Waals surface area contributed by atoms with E-state index in [0.29, 0.717) is 17.3 Å². The molecule has 0 bridgehead atoms. The number of benzene rings is 1. The van der Waals surface area contributed by atoms with E-state index in [1.807, 2.05) is 32.2 Å². The summed E-state index contributed by atoms with van der Waals surface area (Å²) in [5.41, 5.74) is 3.06. The highest BCUT2D eigenvalue weighted by atomic mass is 16.5. The number of ether oxygens (including phenoxy) is 1. The fourth-order valence-corrected chi connectivity index (χ4v) is 2.48. The Kier molecular flexibility index (Phi) is 4.33. The van der Waals surface area contributed by atoms with Gasteiger partial charge < -0.3 is 15.4 Å². The Balaban J connectivity index is 1.75.